The fourth-order valence-corrected chi connectivity index (χ4v) is 1.81. The largest absolute Gasteiger partial charge is 0.480 e. The summed E-state index contributed by atoms with van der Waals surface area (Å²) in [6, 6.07) is 6.05. The first-order valence-corrected chi connectivity index (χ1v) is 7.10. The molecule has 0 saturated carbocycles. The highest BCUT2D eigenvalue weighted by Gasteiger charge is 2.18. The standard InChI is InChI=1S/C16H25NO2/c1-5-7-10-17-16(18)14(6-2)19-15-11-12(3)8-9-13(15)4/h8-9,11,14H,5-7,10H2,1-4H3,(H,17,18)/t14-/m0/s1. The summed E-state index contributed by atoms with van der Waals surface area (Å²) in [5.41, 5.74) is 2.20. The van der Waals surface area contributed by atoms with Crippen LogP contribution >= 0.6 is 0 Å². The molecule has 0 aliphatic carbocycles. The molecule has 19 heavy (non-hydrogen) atoms. The Kier molecular flexibility index (Phi) is 6.40. The molecule has 0 aromatic heterocycles. The average Bonchev–Trinajstić information content (AvgIpc) is 2.39. The molecule has 0 fully saturated rings. The Morgan fingerprint density at radius 2 is 2.05 bits per heavy atom. The van der Waals surface area contributed by atoms with E-state index < -0.39 is 6.10 Å². The number of ether oxygens (including phenoxy) is 1. The molecule has 1 amide bonds. The predicted molar refractivity (Wildman–Crippen MR) is 78.5 cm³/mol. The van der Waals surface area contributed by atoms with Gasteiger partial charge in [0.2, 0.25) is 0 Å². The van der Waals surface area contributed by atoms with Crippen molar-refractivity contribution < 1.29 is 9.53 Å². The van der Waals surface area contributed by atoms with Gasteiger partial charge in [0.05, 0.1) is 0 Å². The van der Waals surface area contributed by atoms with Gasteiger partial charge in [0, 0.05) is 6.54 Å². The number of nitrogens with one attached hydrogen (secondary N) is 1. The second-order valence-electron chi connectivity index (χ2n) is 4.93. The van der Waals surface area contributed by atoms with Crippen LogP contribution < -0.4 is 10.1 Å². The van der Waals surface area contributed by atoms with E-state index in [0.717, 1.165) is 36.3 Å². The van der Waals surface area contributed by atoms with Crippen molar-refractivity contribution in [3.63, 3.8) is 0 Å². The third-order valence-electron chi connectivity index (χ3n) is 3.11. The number of benzene rings is 1. The van der Waals surface area contributed by atoms with Crippen LogP contribution in [-0.4, -0.2) is 18.6 Å². The van der Waals surface area contributed by atoms with Crippen LogP contribution in [0.4, 0.5) is 0 Å². The van der Waals surface area contributed by atoms with Crippen LogP contribution in [0.25, 0.3) is 0 Å². The van der Waals surface area contributed by atoms with Crippen molar-refractivity contribution in [1.82, 2.24) is 5.32 Å². The van der Waals surface area contributed by atoms with E-state index in [4.69, 9.17) is 4.74 Å². The second kappa shape index (κ2) is 7.82. The number of aryl methyl sites for hydroxylation is 2. The molecule has 0 aliphatic rings. The molecule has 1 aromatic rings. The van der Waals surface area contributed by atoms with Gasteiger partial charge in [-0.15, -0.1) is 0 Å². The number of rotatable bonds is 7. The monoisotopic (exact) mass is 263 g/mol. The van der Waals surface area contributed by atoms with E-state index in [1.807, 2.05) is 39.0 Å². The van der Waals surface area contributed by atoms with Crippen molar-refractivity contribution in [2.75, 3.05) is 6.54 Å². The first-order valence-electron chi connectivity index (χ1n) is 7.10. The van der Waals surface area contributed by atoms with Gasteiger partial charge in [-0.3, -0.25) is 4.79 Å². The zero-order valence-electron chi connectivity index (χ0n) is 12.5. The van der Waals surface area contributed by atoms with Crippen molar-refractivity contribution in [2.45, 2.75) is 53.1 Å². The quantitative estimate of drug-likeness (QED) is 0.766. The number of unbranched alkanes of at least 4 members (excludes halogenated alkanes) is 1. The molecule has 0 aliphatic heterocycles. The van der Waals surface area contributed by atoms with Crippen LogP contribution in [0.1, 0.15) is 44.2 Å². The number of carbonyl (C=O) groups excluding carboxylic acids is 1. The third-order valence-corrected chi connectivity index (χ3v) is 3.11. The van der Waals surface area contributed by atoms with Crippen LogP contribution in [0.5, 0.6) is 5.75 Å². The van der Waals surface area contributed by atoms with Gasteiger partial charge in [0.15, 0.2) is 6.10 Å². The van der Waals surface area contributed by atoms with Crippen LogP contribution in [0.2, 0.25) is 0 Å². The van der Waals surface area contributed by atoms with E-state index in [9.17, 15) is 4.79 Å². The topological polar surface area (TPSA) is 38.3 Å². The molecule has 0 radical (unpaired) electrons. The Bertz CT molecular complexity index is 415. The summed E-state index contributed by atoms with van der Waals surface area (Å²) in [6.07, 6.45) is 2.35. The predicted octanol–water partition coefficient (Wildman–Crippen LogP) is 3.38. The van der Waals surface area contributed by atoms with Gasteiger partial charge in [0.25, 0.3) is 5.91 Å². The Morgan fingerprint density at radius 3 is 2.68 bits per heavy atom. The molecule has 0 bridgehead atoms. The molecule has 3 heteroatoms. The minimum atomic E-state index is -0.405. The molecule has 0 heterocycles. The average molecular weight is 263 g/mol. The summed E-state index contributed by atoms with van der Waals surface area (Å²) >= 11 is 0. The SMILES string of the molecule is CCCCNC(=O)[C@H](CC)Oc1cc(C)ccc1C. The van der Waals surface area contributed by atoms with Crippen molar-refractivity contribution in [2.24, 2.45) is 0 Å². The smallest absolute Gasteiger partial charge is 0.261 e. The fraction of sp³-hybridized carbons (Fsp3) is 0.562. The molecule has 1 atom stereocenters. The van der Waals surface area contributed by atoms with Crippen LogP contribution in [0.3, 0.4) is 0 Å². The first kappa shape index (κ1) is 15.5. The molecule has 1 rings (SSSR count). The Morgan fingerprint density at radius 1 is 1.32 bits per heavy atom. The van der Waals surface area contributed by atoms with Crippen molar-refractivity contribution in [3.05, 3.63) is 29.3 Å². The van der Waals surface area contributed by atoms with Gasteiger partial charge in [-0.1, -0.05) is 32.4 Å². The molecule has 3 nitrogen and oxygen atoms in total. The van der Waals surface area contributed by atoms with Crippen molar-refractivity contribution >= 4 is 5.91 Å². The maximum atomic E-state index is 12.0. The van der Waals surface area contributed by atoms with E-state index in [1.165, 1.54) is 0 Å². The molecule has 0 saturated heterocycles. The Labute approximate surface area is 116 Å². The summed E-state index contributed by atoms with van der Waals surface area (Å²) in [5.74, 6) is 0.786. The molecule has 1 N–H and O–H groups in total. The van der Waals surface area contributed by atoms with E-state index in [-0.39, 0.29) is 5.91 Å². The van der Waals surface area contributed by atoms with Crippen LogP contribution in [0.15, 0.2) is 18.2 Å². The molecule has 106 valence electrons. The molecular weight excluding hydrogens is 238 g/mol. The van der Waals surface area contributed by atoms with E-state index in [1.54, 1.807) is 0 Å². The Hall–Kier alpha value is -1.51. The first-order chi connectivity index (χ1) is 9.08. The van der Waals surface area contributed by atoms with E-state index >= 15 is 0 Å². The Balaban J connectivity index is 2.65. The normalized spacial score (nSPS) is 12.0. The molecule has 1 aromatic carbocycles. The third kappa shape index (κ3) is 4.93. The maximum absolute atomic E-state index is 12.0. The lowest BCUT2D eigenvalue weighted by Crippen LogP contribution is -2.38. The zero-order chi connectivity index (χ0) is 14.3. The number of hydrogen-bond donors (Lipinski definition) is 1. The van der Waals surface area contributed by atoms with Gasteiger partial charge in [0.1, 0.15) is 5.75 Å². The summed E-state index contributed by atoms with van der Waals surface area (Å²) in [7, 11) is 0. The van der Waals surface area contributed by atoms with Crippen LogP contribution in [-0.2, 0) is 4.79 Å². The number of hydrogen-bond acceptors (Lipinski definition) is 2. The maximum Gasteiger partial charge on any atom is 0.261 e. The lowest BCUT2D eigenvalue weighted by Gasteiger charge is -2.19. The minimum absolute atomic E-state index is 0.0168. The van der Waals surface area contributed by atoms with Gasteiger partial charge >= 0.3 is 0 Å². The molecule has 0 unspecified atom stereocenters. The molecular formula is C16H25NO2. The van der Waals surface area contributed by atoms with Crippen molar-refractivity contribution in [1.29, 1.82) is 0 Å². The number of carbonyl (C=O) groups is 1. The summed E-state index contributed by atoms with van der Waals surface area (Å²) < 4.78 is 5.86. The van der Waals surface area contributed by atoms with Crippen molar-refractivity contribution in [3.8, 4) is 5.75 Å². The summed E-state index contributed by atoms with van der Waals surface area (Å²) in [6.45, 7) is 8.82. The highest BCUT2D eigenvalue weighted by Crippen LogP contribution is 2.21. The summed E-state index contributed by atoms with van der Waals surface area (Å²) in [4.78, 5) is 12.0. The van der Waals surface area contributed by atoms with E-state index in [2.05, 4.69) is 12.2 Å². The van der Waals surface area contributed by atoms with Gasteiger partial charge < -0.3 is 10.1 Å². The van der Waals surface area contributed by atoms with Gasteiger partial charge in [-0.2, -0.15) is 0 Å². The van der Waals surface area contributed by atoms with Gasteiger partial charge in [-0.05, 0) is 43.9 Å². The highest BCUT2D eigenvalue weighted by molar-refractivity contribution is 5.81. The fourth-order valence-electron chi connectivity index (χ4n) is 1.81. The summed E-state index contributed by atoms with van der Waals surface area (Å²) in [5, 5.41) is 2.92. The number of amides is 1. The van der Waals surface area contributed by atoms with E-state index in [0.29, 0.717) is 6.42 Å². The van der Waals surface area contributed by atoms with Gasteiger partial charge in [-0.25, -0.2) is 0 Å². The molecule has 0 spiro atoms. The zero-order valence-corrected chi connectivity index (χ0v) is 12.5. The lowest BCUT2D eigenvalue weighted by molar-refractivity contribution is -0.128. The highest BCUT2D eigenvalue weighted by atomic mass is 16.5. The second-order valence-corrected chi connectivity index (χ2v) is 4.93. The minimum Gasteiger partial charge on any atom is -0.480 e. The van der Waals surface area contributed by atoms with Crippen LogP contribution in [0, 0.1) is 13.8 Å². The lowest BCUT2D eigenvalue weighted by atomic mass is 10.1.